The van der Waals surface area contributed by atoms with Crippen LogP contribution in [0.3, 0.4) is 0 Å². The molecule has 2 atom stereocenters. The Morgan fingerprint density at radius 1 is 1.22 bits per heavy atom. The summed E-state index contributed by atoms with van der Waals surface area (Å²) < 4.78 is 7.35. The van der Waals surface area contributed by atoms with E-state index in [1.54, 1.807) is 7.11 Å². The second-order valence-electron chi connectivity index (χ2n) is 6.77. The van der Waals surface area contributed by atoms with Crippen LogP contribution in [-0.4, -0.2) is 22.1 Å². The number of rotatable bonds is 4. The maximum Gasteiger partial charge on any atom is 0.118 e. The SMILES string of the molecule is CCC1CCCC(C)Cc2c1nnn2Cc1ccc(OC)cc1. The molecule has 1 aromatic carbocycles. The maximum atomic E-state index is 5.23. The molecule has 0 N–H and O–H groups in total. The minimum Gasteiger partial charge on any atom is -0.497 e. The van der Waals surface area contributed by atoms with Crippen molar-refractivity contribution in [1.82, 2.24) is 15.0 Å². The van der Waals surface area contributed by atoms with E-state index in [9.17, 15) is 0 Å². The molecule has 0 fully saturated rings. The van der Waals surface area contributed by atoms with Crippen LogP contribution in [0, 0.1) is 5.92 Å². The number of hydrogen-bond acceptors (Lipinski definition) is 3. The zero-order valence-electron chi connectivity index (χ0n) is 14.5. The van der Waals surface area contributed by atoms with Crippen LogP contribution in [0.4, 0.5) is 0 Å². The van der Waals surface area contributed by atoms with Gasteiger partial charge in [0.05, 0.1) is 25.0 Å². The fourth-order valence-corrected chi connectivity index (χ4v) is 3.58. The lowest BCUT2D eigenvalue weighted by molar-refractivity contribution is 0.414. The van der Waals surface area contributed by atoms with Gasteiger partial charge in [0.25, 0.3) is 0 Å². The highest BCUT2D eigenvalue weighted by Crippen LogP contribution is 2.32. The fourth-order valence-electron chi connectivity index (χ4n) is 3.58. The second-order valence-corrected chi connectivity index (χ2v) is 6.77. The summed E-state index contributed by atoms with van der Waals surface area (Å²) in [5.74, 6) is 2.17. The first-order chi connectivity index (χ1) is 11.2. The number of benzene rings is 1. The molecule has 2 unspecified atom stereocenters. The molecule has 1 aromatic heterocycles. The summed E-state index contributed by atoms with van der Waals surface area (Å²) >= 11 is 0. The molecule has 3 rings (SSSR count). The Bertz CT molecular complexity index is 633. The normalized spacial score (nSPS) is 21.3. The van der Waals surface area contributed by atoms with Gasteiger partial charge in [0.1, 0.15) is 5.75 Å². The molecule has 0 aliphatic heterocycles. The van der Waals surface area contributed by atoms with Crippen LogP contribution in [0.1, 0.15) is 62.4 Å². The Balaban J connectivity index is 1.87. The number of methoxy groups -OCH3 is 1. The standard InChI is InChI=1S/C19H27N3O/c1-4-16-7-5-6-14(2)12-18-19(16)20-21-22(18)13-15-8-10-17(23-3)11-9-15/h8-11,14,16H,4-7,12-13H2,1-3H3. The van der Waals surface area contributed by atoms with E-state index in [0.717, 1.165) is 25.1 Å². The predicted octanol–water partition coefficient (Wildman–Crippen LogP) is 4.19. The minimum absolute atomic E-state index is 0.571. The largest absolute Gasteiger partial charge is 0.497 e. The van der Waals surface area contributed by atoms with Crippen molar-refractivity contribution in [2.24, 2.45) is 5.92 Å². The van der Waals surface area contributed by atoms with E-state index in [-0.39, 0.29) is 0 Å². The lowest BCUT2D eigenvalue weighted by Gasteiger charge is -2.21. The molecule has 0 bridgehead atoms. The Morgan fingerprint density at radius 3 is 2.70 bits per heavy atom. The summed E-state index contributed by atoms with van der Waals surface area (Å²) in [5.41, 5.74) is 3.83. The van der Waals surface area contributed by atoms with Gasteiger partial charge in [-0.3, -0.25) is 0 Å². The number of hydrogen-bond donors (Lipinski definition) is 0. The Kier molecular flexibility index (Phi) is 4.99. The van der Waals surface area contributed by atoms with Gasteiger partial charge in [-0.1, -0.05) is 44.0 Å². The number of aromatic nitrogens is 3. The highest BCUT2D eigenvalue weighted by Gasteiger charge is 2.24. The van der Waals surface area contributed by atoms with Crippen molar-refractivity contribution in [3.05, 3.63) is 41.2 Å². The first-order valence-electron chi connectivity index (χ1n) is 8.76. The molecule has 0 radical (unpaired) electrons. The van der Waals surface area contributed by atoms with Crippen molar-refractivity contribution >= 4 is 0 Å². The first kappa shape index (κ1) is 16.0. The zero-order chi connectivity index (χ0) is 16.2. The van der Waals surface area contributed by atoms with E-state index in [4.69, 9.17) is 4.74 Å². The van der Waals surface area contributed by atoms with Crippen LogP contribution in [0.15, 0.2) is 24.3 Å². The van der Waals surface area contributed by atoms with E-state index >= 15 is 0 Å². The lowest BCUT2D eigenvalue weighted by atomic mass is 9.86. The van der Waals surface area contributed by atoms with Crippen molar-refractivity contribution in [2.75, 3.05) is 7.11 Å². The monoisotopic (exact) mass is 313 g/mol. The van der Waals surface area contributed by atoms with Crippen LogP contribution >= 0.6 is 0 Å². The molecule has 4 nitrogen and oxygen atoms in total. The molecule has 4 heteroatoms. The Morgan fingerprint density at radius 2 is 2.00 bits per heavy atom. The second kappa shape index (κ2) is 7.16. The van der Waals surface area contributed by atoms with Crippen LogP contribution in [0.25, 0.3) is 0 Å². The van der Waals surface area contributed by atoms with Crippen molar-refractivity contribution in [3.8, 4) is 5.75 Å². The summed E-state index contributed by atoms with van der Waals surface area (Å²) in [7, 11) is 1.70. The molecule has 0 spiro atoms. The minimum atomic E-state index is 0.571. The maximum absolute atomic E-state index is 5.23. The van der Waals surface area contributed by atoms with Crippen molar-refractivity contribution in [2.45, 2.75) is 58.4 Å². The van der Waals surface area contributed by atoms with Gasteiger partial charge in [-0.05, 0) is 42.9 Å². The molecule has 2 aromatic rings. The third kappa shape index (κ3) is 3.57. The van der Waals surface area contributed by atoms with E-state index in [1.807, 2.05) is 12.1 Å². The molecule has 1 aliphatic rings. The van der Waals surface area contributed by atoms with E-state index in [2.05, 4.69) is 41.0 Å². The van der Waals surface area contributed by atoms with Crippen LogP contribution in [0.5, 0.6) is 5.75 Å². The highest BCUT2D eigenvalue weighted by molar-refractivity contribution is 5.28. The van der Waals surface area contributed by atoms with Gasteiger partial charge in [-0.2, -0.15) is 0 Å². The van der Waals surface area contributed by atoms with Crippen molar-refractivity contribution < 1.29 is 4.74 Å². The van der Waals surface area contributed by atoms with Crippen LogP contribution in [-0.2, 0) is 13.0 Å². The van der Waals surface area contributed by atoms with Gasteiger partial charge >= 0.3 is 0 Å². The molecule has 1 heterocycles. The molecule has 0 amide bonds. The Hall–Kier alpha value is -1.84. The quantitative estimate of drug-likeness (QED) is 0.849. The topological polar surface area (TPSA) is 39.9 Å². The van der Waals surface area contributed by atoms with Gasteiger partial charge < -0.3 is 4.74 Å². The molecule has 23 heavy (non-hydrogen) atoms. The lowest BCUT2D eigenvalue weighted by Crippen LogP contribution is -2.15. The average molecular weight is 313 g/mol. The zero-order valence-corrected chi connectivity index (χ0v) is 14.5. The number of ether oxygens (including phenoxy) is 1. The molecular weight excluding hydrogens is 286 g/mol. The van der Waals surface area contributed by atoms with Crippen LogP contribution < -0.4 is 4.74 Å². The van der Waals surface area contributed by atoms with E-state index < -0.39 is 0 Å². The summed E-state index contributed by atoms with van der Waals surface area (Å²) in [6.07, 6.45) is 6.11. The molecule has 0 saturated heterocycles. The van der Waals surface area contributed by atoms with Gasteiger partial charge in [-0.15, -0.1) is 5.10 Å². The average Bonchev–Trinajstić information content (AvgIpc) is 2.92. The summed E-state index contributed by atoms with van der Waals surface area (Å²) in [4.78, 5) is 0. The van der Waals surface area contributed by atoms with Gasteiger partial charge in [-0.25, -0.2) is 4.68 Å². The summed E-state index contributed by atoms with van der Waals surface area (Å²) in [5, 5.41) is 9.05. The van der Waals surface area contributed by atoms with E-state index in [0.29, 0.717) is 11.8 Å². The predicted molar refractivity (Wildman–Crippen MR) is 91.9 cm³/mol. The van der Waals surface area contributed by atoms with Gasteiger partial charge in [0, 0.05) is 5.92 Å². The fraction of sp³-hybridized carbons (Fsp3) is 0.579. The summed E-state index contributed by atoms with van der Waals surface area (Å²) in [6, 6.07) is 8.23. The highest BCUT2D eigenvalue weighted by atomic mass is 16.5. The van der Waals surface area contributed by atoms with Gasteiger partial charge in [0.15, 0.2) is 0 Å². The molecule has 124 valence electrons. The van der Waals surface area contributed by atoms with Gasteiger partial charge in [0.2, 0.25) is 0 Å². The number of nitrogens with zero attached hydrogens (tertiary/aromatic N) is 3. The Labute approximate surface area is 138 Å². The third-order valence-corrected chi connectivity index (χ3v) is 5.03. The smallest absolute Gasteiger partial charge is 0.118 e. The molecule has 1 aliphatic carbocycles. The first-order valence-corrected chi connectivity index (χ1v) is 8.76. The third-order valence-electron chi connectivity index (χ3n) is 5.03. The summed E-state index contributed by atoms with van der Waals surface area (Å²) in [6.45, 7) is 5.40. The van der Waals surface area contributed by atoms with Crippen LogP contribution in [0.2, 0.25) is 0 Å². The van der Waals surface area contributed by atoms with Crippen molar-refractivity contribution in [3.63, 3.8) is 0 Å². The van der Waals surface area contributed by atoms with E-state index in [1.165, 1.54) is 36.2 Å². The molecular formula is C19H27N3O. The number of fused-ring (bicyclic) bond motifs is 1. The van der Waals surface area contributed by atoms with Crippen molar-refractivity contribution in [1.29, 1.82) is 0 Å². The molecule has 0 saturated carbocycles.